The number of rotatable bonds is 5. The third-order valence-electron chi connectivity index (χ3n) is 5.46. The Morgan fingerprint density at radius 2 is 1.71 bits per heavy atom. The van der Waals surface area contributed by atoms with Crippen LogP contribution in [-0.4, -0.2) is 66.2 Å². The predicted molar refractivity (Wildman–Crippen MR) is 119 cm³/mol. The lowest BCUT2D eigenvalue weighted by Crippen LogP contribution is -2.50. The van der Waals surface area contributed by atoms with E-state index in [9.17, 15) is 18.0 Å². The number of nitrogens with one attached hydrogen (secondary N) is 3. The molecular formula is C21H25N5O4S. The van der Waals surface area contributed by atoms with Gasteiger partial charge in [-0.25, -0.2) is 13.2 Å². The lowest BCUT2D eigenvalue weighted by molar-refractivity contribution is -0.117. The van der Waals surface area contributed by atoms with E-state index in [1.807, 2.05) is 24.0 Å². The Morgan fingerprint density at radius 1 is 1.00 bits per heavy atom. The number of nitrogens with zero attached hydrogens (tertiary/aromatic N) is 2. The van der Waals surface area contributed by atoms with Crippen molar-refractivity contribution >= 4 is 32.7 Å². The first-order chi connectivity index (χ1) is 14.7. The van der Waals surface area contributed by atoms with Gasteiger partial charge in [-0.15, -0.1) is 0 Å². The summed E-state index contributed by atoms with van der Waals surface area (Å²) in [4.78, 5) is 31.4. The van der Waals surface area contributed by atoms with Gasteiger partial charge in [-0.2, -0.15) is 4.31 Å². The van der Waals surface area contributed by atoms with Crippen LogP contribution in [0.4, 0.5) is 5.69 Å². The number of benzene rings is 2. The SMILES string of the molecule is Cc1ccc(C)c(S(=O)(=O)N2CCN(CC(=O)Nc3ccc4[nH]c(=O)[nH]c4c3)CC2)c1. The van der Waals surface area contributed by atoms with Crippen molar-refractivity contribution in [1.82, 2.24) is 19.2 Å². The minimum atomic E-state index is -3.56. The molecule has 164 valence electrons. The number of sulfonamides is 1. The lowest BCUT2D eigenvalue weighted by atomic mass is 10.2. The molecule has 0 aliphatic carbocycles. The summed E-state index contributed by atoms with van der Waals surface area (Å²) < 4.78 is 27.6. The molecule has 1 fully saturated rings. The molecule has 1 aliphatic rings. The molecule has 2 aromatic carbocycles. The number of amides is 1. The van der Waals surface area contributed by atoms with Gasteiger partial charge in [0.25, 0.3) is 0 Å². The fourth-order valence-corrected chi connectivity index (χ4v) is 5.50. The van der Waals surface area contributed by atoms with E-state index in [-0.39, 0.29) is 18.1 Å². The van der Waals surface area contributed by atoms with Crippen molar-refractivity contribution in [3.05, 3.63) is 58.0 Å². The second kappa shape index (κ2) is 8.29. The highest BCUT2D eigenvalue weighted by molar-refractivity contribution is 7.89. The average Bonchev–Trinajstić information content (AvgIpc) is 3.09. The van der Waals surface area contributed by atoms with Crippen LogP contribution in [0.25, 0.3) is 11.0 Å². The summed E-state index contributed by atoms with van der Waals surface area (Å²) in [6.07, 6.45) is 0. The number of aryl methyl sites for hydroxylation is 2. The van der Waals surface area contributed by atoms with Gasteiger partial charge < -0.3 is 15.3 Å². The van der Waals surface area contributed by atoms with Crippen LogP contribution in [0, 0.1) is 13.8 Å². The largest absolute Gasteiger partial charge is 0.325 e. The Bertz CT molecular complexity index is 1290. The summed E-state index contributed by atoms with van der Waals surface area (Å²) in [5, 5.41) is 2.82. The van der Waals surface area contributed by atoms with E-state index in [0.717, 1.165) is 11.1 Å². The number of anilines is 1. The van der Waals surface area contributed by atoms with Crippen LogP contribution in [0.5, 0.6) is 0 Å². The molecule has 0 bridgehead atoms. The van der Waals surface area contributed by atoms with Crippen molar-refractivity contribution in [2.45, 2.75) is 18.7 Å². The second-order valence-corrected chi connectivity index (χ2v) is 9.74. The normalized spacial score (nSPS) is 15.9. The highest BCUT2D eigenvalue weighted by Gasteiger charge is 2.30. The van der Waals surface area contributed by atoms with E-state index in [1.54, 1.807) is 31.2 Å². The Morgan fingerprint density at radius 3 is 2.45 bits per heavy atom. The molecule has 9 nitrogen and oxygen atoms in total. The van der Waals surface area contributed by atoms with E-state index < -0.39 is 10.0 Å². The van der Waals surface area contributed by atoms with E-state index in [2.05, 4.69) is 15.3 Å². The van der Waals surface area contributed by atoms with Gasteiger partial charge in [0.15, 0.2) is 0 Å². The number of imidazole rings is 1. The van der Waals surface area contributed by atoms with Crippen molar-refractivity contribution < 1.29 is 13.2 Å². The molecule has 1 saturated heterocycles. The number of hydrogen-bond donors (Lipinski definition) is 3. The van der Waals surface area contributed by atoms with E-state index in [0.29, 0.717) is 47.8 Å². The number of aromatic nitrogens is 2. The number of H-pyrrole nitrogens is 2. The van der Waals surface area contributed by atoms with Gasteiger partial charge >= 0.3 is 5.69 Å². The zero-order valence-corrected chi connectivity index (χ0v) is 18.3. The van der Waals surface area contributed by atoms with Gasteiger partial charge in [0.05, 0.1) is 22.5 Å². The van der Waals surface area contributed by atoms with E-state index in [4.69, 9.17) is 0 Å². The van der Waals surface area contributed by atoms with Crippen LogP contribution in [0.15, 0.2) is 46.1 Å². The number of aromatic amines is 2. The molecule has 1 aliphatic heterocycles. The maximum Gasteiger partial charge on any atom is 0.323 e. The second-order valence-electron chi connectivity index (χ2n) is 7.84. The fourth-order valence-electron chi connectivity index (χ4n) is 3.77. The maximum atomic E-state index is 13.0. The zero-order chi connectivity index (χ0) is 22.2. The van der Waals surface area contributed by atoms with Gasteiger partial charge in [0.1, 0.15) is 0 Å². The van der Waals surface area contributed by atoms with E-state index in [1.165, 1.54) is 4.31 Å². The highest BCUT2D eigenvalue weighted by atomic mass is 32.2. The summed E-state index contributed by atoms with van der Waals surface area (Å²) in [7, 11) is -3.56. The Hall–Kier alpha value is -2.95. The third kappa shape index (κ3) is 4.55. The molecule has 0 spiro atoms. The highest BCUT2D eigenvalue weighted by Crippen LogP contribution is 2.22. The molecule has 0 saturated carbocycles. The molecule has 10 heteroatoms. The summed E-state index contributed by atoms with van der Waals surface area (Å²) in [5.74, 6) is -0.192. The fraction of sp³-hybridized carbons (Fsp3) is 0.333. The topological polar surface area (TPSA) is 118 Å². The number of piperazine rings is 1. The third-order valence-corrected chi connectivity index (χ3v) is 7.50. The van der Waals surface area contributed by atoms with Crippen molar-refractivity contribution in [3.63, 3.8) is 0 Å². The predicted octanol–water partition coefficient (Wildman–Crippen LogP) is 1.42. The van der Waals surface area contributed by atoms with Gasteiger partial charge in [-0.05, 0) is 49.2 Å². The summed E-state index contributed by atoms with van der Waals surface area (Å²) in [6.45, 7) is 5.45. The minimum Gasteiger partial charge on any atom is -0.325 e. The van der Waals surface area contributed by atoms with Crippen LogP contribution < -0.4 is 11.0 Å². The molecule has 3 N–H and O–H groups in total. The van der Waals surface area contributed by atoms with Crippen LogP contribution in [0.2, 0.25) is 0 Å². The summed E-state index contributed by atoms with van der Waals surface area (Å²) >= 11 is 0. The molecule has 0 atom stereocenters. The van der Waals surface area contributed by atoms with Crippen molar-refractivity contribution in [3.8, 4) is 0 Å². The molecule has 0 radical (unpaired) electrons. The minimum absolute atomic E-state index is 0.166. The summed E-state index contributed by atoms with van der Waals surface area (Å²) in [6, 6.07) is 10.6. The van der Waals surface area contributed by atoms with Gasteiger partial charge in [0, 0.05) is 31.9 Å². The molecule has 2 heterocycles. The first-order valence-corrected chi connectivity index (χ1v) is 11.5. The number of hydrogen-bond acceptors (Lipinski definition) is 5. The lowest BCUT2D eigenvalue weighted by Gasteiger charge is -2.33. The molecular weight excluding hydrogens is 418 g/mol. The number of carbonyl (C=O) groups excluding carboxylic acids is 1. The molecule has 0 unspecified atom stereocenters. The number of carbonyl (C=O) groups is 1. The smallest absolute Gasteiger partial charge is 0.323 e. The van der Waals surface area contributed by atoms with Crippen LogP contribution in [0.3, 0.4) is 0 Å². The standard InChI is InChI=1S/C21H25N5O4S/c1-14-3-4-15(2)19(11-14)31(29,30)26-9-7-25(8-10-26)13-20(27)22-16-5-6-17-18(12-16)24-21(28)23-17/h3-6,11-12H,7-10,13H2,1-2H3,(H,22,27)(H2,23,24,28). The molecule has 4 rings (SSSR count). The van der Waals surface area contributed by atoms with Gasteiger partial charge in [-0.1, -0.05) is 12.1 Å². The number of fused-ring (bicyclic) bond motifs is 1. The molecule has 1 amide bonds. The Labute approximate surface area is 180 Å². The molecule has 31 heavy (non-hydrogen) atoms. The van der Waals surface area contributed by atoms with Crippen LogP contribution in [-0.2, 0) is 14.8 Å². The first kappa shape index (κ1) is 21.3. The van der Waals surface area contributed by atoms with E-state index >= 15 is 0 Å². The van der Waals surface area contributed by atoms with Gasteiger partial charge in [-0.3, -0.25) is 9.69 Å². The zero-order valence-electron chi connectivity index (χ0n) is 17.4. The van der Waals surface area contributed by atoms with Crippen molar-refractivity contribution in [2.24, 2.45) is 0 Å². The average molecular weight is 444 g/mol. The Kier molecular flexibility index (Phi) is 5.69. The monoisotopic (exact) mass is 443 g/mol. The van der Waals surface area contributed by atoms with Crippen molar-refractivity contribution in [2.75, 3.05) is 38.0 Å². The first-order valence-electron chi connectivity index (χ1n) is 10.0. The van der Waals surface area contributed by atoms with Crippen LogP contribution in [0.1, 0.15) is 11.1 Å². The molecule has 1 aromatic heterocycles. The summed E-state index contributed by atoms with van der Waals surface area (Å²) in [5.41, 5.74) is 3.21. The maximum absolute atomic E-state index is 13.0. The van der Waals surface area contributed by atoms with Crippen LogP contribution >= 0.6 is 0 Å². The van der Waals surface area contributed by atoms with Crippen molar-refractivity contribution in [1.29, 1.82) is 0 Å². The van der Waals surface area contributed by atoms with Gasteiger partial charge in [0.2, 0.25) is 15.9 Å². The Balaban J connectivity index is 1.35. The quantitative estimate of drug-likeness (QED) is 0.551. The molecule has 3 aromatic rings.